The van der Waals surface area contributed by atoms with E-state index in [2.05, 4.69) is 6.07 Å². The van der Waals surface area contributed by atoms with Crippen molar-refractivity contribution in [2.75, 3.05) is 20.2 Å². The first-order valence-electron chi connectivity index (χ1n) is 7.22. The smallest absolute Gasteiger partial charge is 0.227 e. The van der Waals surface area contributed by atoms with Crippen LogP contribution in [0.3, 0.4) is 0 Å². The Balaban J connectivity index is 2.01. The normalized spacial score (nSPS) is 22.9. The van der Waals surface area contributed by atoms with Gasteiger partial charge in [0.05, 0.1) is 12.5 Å². The summed E-state index contributed by atoms with van der Waals surface area (Å²) in [5.74, 6) is 0.167. The van der Waals surface area contributed by atoms with Gasteiger partial charge in [-0.25, -0.2) is 0 Å². The summed E-state index contributed by atoms with van der Waals surface area (Å²) < 4.78 is 5.39. The van der Waals surface area contributed by atoms with Crippen molar-refractivity contribution in [3.8, 4) is 0 Å². The molecule has 0 aliphatic carbocycles. The second-order valence-corrected chi connectivity index (χ2v) is 5.52. The van der Waals surface area contributed by atoms with Crippen LogP contribution in [0, 0.1) is 6.92 Å². The van der Waals surface area contributed by atoms with E-state index in [0.29, 0.717) is 13.0 Å². The molecule has 1 aromatic carbocycles. The van der Waals surface area contributed by atoms with Gasteiger partial charge in [0.25, 0.3) is 0 Å². The monoisotopic (exact) mass is 276 g/mol. The minimum atomic E-state index is 0.103. The third-order valence-electron chi connectivity index (χ3n) is 4.03. The molecule has 0 radical (unpaired) electrons. The van der Waals surface area contributed by atoms with Crippen LogP contribution in [0.5, 0.6) is 0 Å². The molecule has 1 aliphatic rings. The van der Waals surface area contributed by atoms with E-state index < -0.39 is 0 Å². The maximum Gasteiger partial charge on any atom is 0.227 e. The molecule has 110 valence electrons. The van der Waals surface area contributed by atoms with E-state index in [4.69, 9.17) is 10.5 Å². The van der Waals surface area contributed by atoms with Crippen LogP contribution >= 0.6 is 0 Å². The number of methoxy groups -OCH3 is 1. The Morgan fingerprint density at radius 3 is 2.95 bits per heavy atom. The lowest BCUT2D eigenvalue weighted by Crippen LogP contribution is -2.51. The minimum Gasteiger partial charge on any atom is -0.381 e. The highest BCUT2D eigenvalue weighted by Crippen LogP contribution is 2.20. The second kappa shape index (κ2) is 6.86. The van der Waals surface area contributed by atoms with Gasteiger partial charge in [-0.2, -0.15) is 0 Å². The van der Waals surface area contributed by atoms with E-state index in [0.717, 1.165) is 24.9 Å². The van der Waals surface area contributed by atoms with Crippen molar-refractivity contribution in [3.05, 3.63) is 35.4 Å². The van der Waals surface area contributed by atoms with E-state index in [1.165, 1.54) is 5.56 Å². The minimum absolute atomic E-state index is 0.103. The first-order valence-corrected chi connectivity index (χ1v) is 7.22. The molecule has 1 amide bonds. The summed E-state index contributed by atoms with van der Waals surface area (Å²) in [4.78, 5) is 14.4. The molecule has 2 unspecified atom stereocenters. The number of carbonyl (C=O) groups excluding carboxylic acids is 1. The highest BCUT2D eigenvalue weighted by Gasteiger charge is 2.30. The third-order valence-corrected chi connectivity index (χ3v) is 4.03. The summed E-state index contributed by atoms with van der Waals surface area (Å²) in [5.41, 5.74) is 8.07. The SMILES string of the molecule is COC1CCN(C(=O)Cc2cccc(C)c2)C(CN)C1. The van der Waals surface area contributed by atoms with Gasteiger partial charge < -0.3 is 15.4 Å². The summed E-state index contributed by atoms with van der Waals surface area (Å²) in [7, 11) is 1.72. The molecule has 1 fully saturated rings. The molecule has 0 spiro atoms. The van der Waals surface area contributed by atoms with Gasteiger partial charge in [0, 0.05) is 26.2 Å². The van der Waals surface area contributed by atoms with Crippen LogP contribution in [0.2, 0.25) is 0 Å². The fraction of sp³-hybridized carbons (Fsp3) is 0.562. The van der Waals surface area contributed by atoms with Crippen molar-refractivity contribution < 1.29 is 9.53 Å². The predicted molar refractivity (Wildman–Crippen MR) is 79.5 cm³/mol. The van der Waals surface area contributed by atoms with Gasteiger partial charge in [-0.15, -0.1) is 0 Å². The number of hydrogen-bond donors (Lipinski definition) is 1. The van der Waals surface area contributed by atoms with E-state index in [1.54, 1.807) is 7.11 Å². The van der Waals surface area contributed by atoms with Crippen LogP contribution in [0.25, 0.3) is 0 Å². The summed E-state index contributed by atoms with van der Waals surface area (Å²) >= 11 is 0. The largest absolute Gasteiger partial charge is 0.381 e. The van der Waals surface area contributed by atoms with Crippen molar-refractivity contribution >= 4 is 5.91 Å². The maximum absolute atomic E-state index is 12.5. The Hall–Kier alpha value is -1.39. The average Bonchev–Trinajstić information content (AvgIpc) is 2.46. The molecular weight excluding hydrogens is 252 g/mol. The molecule has 1 aromatic rings. The molecule has 20 heavy (non-hydrogen) atoms. The number of likely N-dealkylation sites (tertiary alicyclic amines) is 1. The van der Waals surface area contributed by atoms with E-state index in [1.807, 2.05) is 30.0 Å². The van der Waals surface area contributed by atoms with Crippen molar-refractivity contribution in [1.29, 1.82) is 0 Å². The topological polar surface area (TPSA) is 55.6 Å². The fourth-order valence-corrected chi connectivity index (χ4v) is 2.88. The van der Waals surface area contributed by atoms with Crippen LogP contribution in [-0.4, -0.2) is 43.2 Å². The molecule has 4 nitrogen and oxygen atoms in total. The number of ether oxygens (including phenoxy) is 1. The van der Waals surface area contributed by atoms with Crippen molar-refractivity contribution in [2.45, 2.75) is 38.3 Å². The number of aryl methyl sites for hydroxylation is 1. The van der Waals surface area contributed by atoms with Crippen molar-refractivity contribution in [1.82, 2.24) is 4.90 Å². The highest BCUT2D eigenvalue weighted by molar-refractivity contribution is 5.79. The van der Waals surface area contributed by atoms with Crippen molar-refractivity contribution in [3.63, 3.8) is 0 Å². The fourth-order valence-electron chi connectivity index (χ4n) is 2.88. The van der Waals surface area contributed by atoms with Crippen LogP contribution in [0.1, 0.15) is 24.0 Å². The van der Waals surface area contributed by atoms with Gasteiger partial charge in [-0.3, -0.25) is 4.79 Å². The average molecular weight is 276 g/mol. The summed E-state index contributed by atoms with van der Waals surface area (Å²) in [6.45, 7) is 3.28. The number of nitrogens with zero attached hydrogens (tertiary/aromatic N) is 1. The lowest BCUT2D eigenvalue weighted by atomic mass is 9.98. The lowest BCUT2D eigenvalue weighted by molar-refractivity contribution is -0.136. The number of rotatable bonds is 4. The standard InChI is InChI=1S/C16H24N2O2/c1-12-4-3-5-13(8-12)9-16(19)18-7-6-15(20-2)10-14(18)11-17/h3-5,8,14-15H,6-7,9-11,17H2,1-2H3. The zero-order chi connectivity index (χ0) is 14.5. The van der Waals surface area contributed by atoms with Crippen LogP contribution < -0.4 is 5.73 Å². The Labute approximate surface area is 120 Å². The van der Waals surface area contributed by atoms with E-state index in [9.17, 15) is 4.79 Å². The molecule has 1 heterocycles. The molecule has 2 atom stereocenters. The zero-order valence-electron chi connectivity index (χ0n) is 12.3. The van der Waals surface area contributed by atoms with Crippen LogP contribution in [0.15, 0.2) is 24.3 Å². The first kappa shape index (κ1) is 15.0. The number of carbonyl (C=O) groups is 1. The number of amides is 1. The van der Waals surface area contributed by atoms with E-state index >= 15 is 0 Å². The maximum atomic E-state index is 12.5. The van der Waals surface area contributed by atoms with Gasteiger partial charge >= 0.3 is 0 Å². The molecular formula is C16H24N2O2. The molecule has 2 rings (SSSR count). The molecule has 1 aliphatic heterocycles. The van der Waals surface area contributed by atoms with Gasteiger partial charge in [-0.05, 0) is 25.3 Å². The quantitative estimate of drug-likeness (QED) is 0.906. The van der Waals surface area contributed by atoms with Crippen LogP contribution in [0.4, 0.5) is 0 Å². The molecule has 0 aromatic heterocycles. The van der Waals surface area contributed by atoms with Gasteiger partial charge in [-0.1, -0.05) is 29.8 Å². The Kier molecular flexibility index (Phi) is 5.15. The lowest BCUT2D eigenvalue weighted by Gasteiger charge is -2.38. The number of nitrogens with two attached hydrogens (primary N) is 1. The second-order valence-electron chi connectivity index (χ2n) is 5.52. The molecule has 4 heteroatoms. The number of piperidine rings is 1. The first-order chi connectivity index (χ1) is 9.63. The van der Waals surface area contributed by atoms with Crippen LogP contribution in [-0.2, 0) is 16.0 Å². The van der Waals surface area contributed by atoms with Gasteiger partial charge in [0.2, 0.25) is 5.91 Å². The number of benzene rings is 1. The number of hydrogen-bond acceptors (Lipinski definition) is 3. The summed E-state index contributed by atoms with van der Waals surface area (Å²) in [6, 6.07) is 8.21. The van der Waals surface area contributed by atoms with E-state index in [-0.39, 0.29) is 18.1 Å². The predicted octanol–water partition coefficient (Wildman–Crippen LogP) is 1.50. The molecule has 0 bridgehead atoms. The van der Waals surface area contributed by atoms with Gasteiger partial charge in [0.15, 0.2) is 0 Å². The van der Waals surface area contributed by atoms with Crippen molar-refractivity contribution in [2.24, 2.45) is 5.73 Å². The van der Waals surface area contributed by atoms with Gasteiger partial charge in [0.1, 0.15) is 0 Å². The summed E-state index contributed by atoms with van der Waals surface area (Å²) in [6.07, 6.45) is 2.42. The molecule has 2 N–H and O–H groups in total. The molecule has 0 saturated carbocycles. The Morgan fingerprint density at radius 2 is 2.30 bits per heavy atom. The highest BCUT2D eigenvalue weighted by atomic mass is 16.5. The summed E-state index contributed by atoms with van der Waals surface area (Å²) in [5, 5.41) is 0. The molecule has 1 saturated heterocycles. The Morgan fingerprint density at radius 1 is 1.50 bits per heavy atom. The third kappa shape index (κ3) is 3.58. The zero-order valence-corrected chi connectivity index (χ0v) is 12.3. The Bertz CT molecular complexity index is 462.